The zero-order valence-electron chi connectivity index (χ0n) is 14.6. The fourth-order valence-electron chi connectivity index (χ4n) is 2.92. The number of piperidine rings is 1. The highest BCUT2D eigenvalue weighted by Gasteiger charge is 2.32. The van der Waals surface area contributed by atoms with E-state index in [2.05, 4.69) is 10.6 Å². The molecule has 0 aromatic heterocycles. The molecule has 1 aliphatic heterocycles. The van der Waals surface area contributed by atoms with Gasteiger partial charge in [0.05, 0.1) is 19.0 Å². The number of hydrogen-bond acceptors (Lipinski definition) is 5. The van der Waals surface area contributed by atoms with E-state index >= 15 is 0 Å². The van der Waals surface area contributed by atoms with Gasteiger partial charge < -0.3 is 20.1 Å². The fraction of sp³-hybridized carbons (Fsp3) is 0.611. The van der Waals surface area contributed by atoms with Crippen molar-refractivity contribution in [1.82, 2.24) is 10.6 Å². The van der Waals surface area contributed by atoms with E-state index in [1.165, 1.54) is 0 Å². The summed E-state index contributed by atoms with van der Waals surface area (Å²) in [5, 5.41) is 6.45. The molecular weight excluding hydrogens is 324 g/mol. The van der Waals surface area contributed by atoms with E-state index in [4.69, 9.17) is 9.47 Å². The maximum atomic E-state index is 12.2. The molecule has 2 N–H and O–H groups in total. The highest BCUT2D eigenvalue weighted by atomic mass is 32.2. The molecule has 0 atom stereocenters. The summed E-state index contributed by atoms with van der Waals surface area (Å²) in [6.45, 7) is 5.98. The van der Waals surface area contributed by atoms with Crippen LogP contribution >= 0.6 is 11.8 Å². The summed E-state index contributed by atoms with van der Waals surface area (Å²) in [5.41, 5.74) is 0.0689. The summed E-state index contributed by atoms with van der Waals surface area (Å²) in [4.78, 5) is 13.2. The van der Waals surface area contributed by atoms with Crippen LogP contribution in [0.4, 0.5) is 0 Å². The fourth-order valence-corrected chi connectivity index (χ4v) is 3.65. The van der Waals surface area contributed by atoms with Crippen LogP contribution in [0, 0.1) is 5.41 Å². The first-order chi connectivity index (χ1) is 11.7. The maximum Gasteiger partial charge on any atom is 0.230 e. The second kappa shape index (κ2) is 9.91. The Kier molecular flexibility index (Phi) is 7.88. The van der Waals surface area contributed by atoms with Crippen LogP contribution in [0.15, 0.2) is 29.2 Å². The number of methoxy groups -OCH3 is 1. The van der Waals surface area contributed by atoms with Crippen LogP contribution in [0.25, 0.3) is 0 Å². The number of thioether (sulfide) groups is 1. The van der Waals surface area contributed by atoms with Crippen LogP contribution < -0.4 is 15.4 Å². The zero-order chi connectivity index (χ0) is 17.3. The molecule has 24 heavy (non-hydrogen) atoms. The molecule has 1 fully saturated rings. The molecule has 0 saturated carbocycles. The predicted molar refractivity (Wildman–Crippen MR) is 97.8 cm³/mol. The molecule has 2 rings (SSSR count). The Morgan fingerprint density at radius 1 is 1.29 bits per heavy atom. The minimum Gasteiger partial charge on any atom is -0.494 e. The SMILES string of the molecule is CCOc1ccc(SCC(=O)NCC2(COC)CCNCC2)cc1. The maximum absolute atomic E-state index is 12.2. The Morgan fingerprint density at radius 2 is 2.00 bits per heavy atom. The molecule has 5 nitrogen and oxygen atoms in total. The van der Waals surface area contributed by atoms with E-state index < -0.39 is 0 Å². The van der Waals surface area contributed by atoms with E-state index in [9.17, 15) is 4.79 Å². The van der Waals surface area contributed by atoms with E-state index in [0.29, 0.717) is 25.5 Å². The second-order valence-electron chi connectivity index (χ2n) is 6.15. The highest BCUT2D eigenvalue weighted by Crippen LogP contribution is 2.28. The Morgan fingerprint density at radius 3 is 2.62 bits per heavy atom. The van der Waals surface area contributed by atoms with Crippen LogP contribution in [0.2, 0.25) is 0 Å². The van der Waals surface area contributed by atoms with Crippen molar-refractivity contribution in [1.29, 1.82) is 0 Å². The average molecular weight is 353 g/mol. The summed E-state index contributed by atoms with van der Waals surface area (Å²) in [5.74, 6) is 1.36. The Bertz CT molecular complexity index is 496. The van der Waals surface area contributed by atoms with Gasteiger partial charge in [-0.1, -0.05) is 0 Å². The van der Waals surface area contributed by atoms with Crippen LogP contribution in [-0.2, 0) is 9.53 Å². The van der Waals surface area contributed by atoms with Gasteiger partial charge in [-0.2, -0.15) is 0 Å². The molecule has 0 bridgehead atoms. The third-order valence-electron chi connectivity index (χ3n) is 4.28. The summed E-state index contributed by atoms with van der Waals surface area (Å²) in [6.07, 6.45) is 2.07. The monoisotopic (exact) mass is 352 g/mol. The molecule has 1 aromatic carbocycles. The lowest BCUT2D eigenvalue weighted by Crippen LogP contribution is -2.47. The lowest BCUT2D eigenvalue weighted by molar-refractivity contribution is -0.119. The first-order valence-electron chi connectivity index (χ1n) is 8.49. The normalized spacial score (nSPS) is 16.6. The first-order valence-corrected chi connectivity index (χ1v) is 9.48. The highest BCUT2D eigenvalue weighted by molar-refractivity contribution is 8.00. The third-order valence-corrected chi connectivity index (χ3v) is 5.29. The molecule has 0 aliphatic carbocycles. The van der Waals surface area contributed by atoms with E-state index in [1.807, 2.05) is 31.2 Å². The second-order valence-corrected chi connectivity index (χ2v) is 7.20. The van der Waals surface area contributed by atoms with Crippen LogP contribution in [0.5, 0.6) is 5.75 Å². The third kappa shape index (κ3) is 6.00. The lowest BCUT2D eigenvalue weighted by Gasteiger charge is -2.37. The minimum absolute atomic E-state index is 0.0689. The minimum atomic E-state index is 0.0689. The summed E-state index contributed by atoms with van der Waals surface area (Å²) >= 11 is 1.54. The summed E-state index contributed by atoms with van der Waals surface area (Å²) < 4.78 is 10.8. The number of hydrogen-bond donors (Lipinski definition) is 2. The lowest BCUT2D eigenvalue weighted by atomic mass is 9.79. The Hall–Kier alpha value is -1.24. The first kappa shape index (κ1) is 19.1. The molecule has 0 radical (unpaired) electrons. The van der Waals surface area contributed by atoms with Crippen LogP contribution in [-0.4, -0.2) is 51.6 Å². The standard InChI is InChI=1S/C18H28N2O3S/c1-3-23-15-4-6-16(7-5-15)24-12-17(21)20-13-18(14-22-2)8-10-19-11-9-18/h4-7,19H,3,8-14H2,1-2H3,(H,20,21). The molecule has 0 unspecified atom stereocenters. The quantitative estimate of drug-likeness (QED) is 0.668. The van der Waals surface area contributed by atoms with Crippen molar-refractivity contribution in [3.63, 3.8) is 0 Å². The van der Waals surface area contributed by atoms with Gasteiger partial charge in [-0.3, -0.25) is 4.79 Å². The van der Waals surface area contributed by atoms with Crippen molar-refractivity contribution in [3.8, 4) is 5.75 Å². The predicted octanol–water partition coefficient (Wildman–Crippen LogP) is 2.31. The molecule has 1 saturated heterocycles. The van der Waals surface area contributed by atoms with Gasteiger partial charge in [-0.15, -0.1) is 11.8 Å². The number of amides is 1. The Labute approximate surface area is 148 Å². The van der Waals surface area contributed by atoms with Crippen molar-refractivity contribution in [2.45, 2.75) is 24.7 Å². The van der Waals surface area contributed by atoms with Gasteiger partial charge in [-0.25, -0.2) is 0 Å². The van der Waals surface area contributed by atoms with Gasteiger partial charge in [0.15, 0.2) is 0 Å². The van der Waals surface area contributed by atoms with Gasteiger partial charge in [0.2, 0.25) is 5.91 Å². The molecule has 1 heterocycles. The molecular formula is C18H28N2O3S. The largest absolute Gasteiger partial charge is 0.494 e. The number of benzene rings is 1. The Balaban J connectivity index is 1.75. The average Bonchev–Trinajstić information content (AvgIpc) is 2.61. The van der Waals surface area contributed by atoms with Crippen LogP contribution in [0.1, 0.15) is 19.8 Å². The summed E-state index contributed by atoms with van der Waals surface area (Å²) in [7, 11) is 1.73. The number of carbonyl (C=O) groups is 1. The van der Waals surface area contributed by atoms with Crippen molar-refractivity contribution in [3.05, 3.63) is 24.3 Å². The van der Waals surface area contributed by atoms with E-state index in [0.717, 1.165) is 36.6 Å². The number of rotatable bonds is 9. The van der Waals surface area contributed by atoms with E-state index in [1.54, 1.807) is 18.9 Å². The van der Waals surface area contributed by atoms with Crippen molar-refractivity contribution < 1.29 is 14.3 Å². The number of ether oxygens (including phenoxy) is 2. The van der Waals surface area contributed by atoms with Gasteiger partial charge in [-0.05, 0) is 57.1 Å². The smallest absolute Gasteiger partial charge is 0.230 e. The molecule has 1 aliphatic rings. The number of carbonyl (C=O) groups excluding carboxylic acids is 1. The molecule has 0 spiro atoms. The van der Waals surface area contributed by atoms with Gasteiger partial charge >= 0.3 is 0 Å². The van der Waals surface area contributed by atoms with Crippen LogP contribution in [0.3, 0.4) is 0 Å². The number of nitrogens with one attached hydrogen (secondary N) is 2. The van der Waals surface area contributed by atoms with E-state index in [-0.39, 0.29) is 11.3 Å². The van der Waals surface area contributed by atoms with Crippen molar-refractivity contribution in [2.75, 3.05) is 45.7 Å². The molecule has 1 aromatic rings. The van der Waals surface area contributed by atoms with Crippen molar-refractivity contribution in [2.24, 2.45) is 5.41 Å². The van der Waals surface area contributed by atoms with Crippen molar-refractivity contribution >= 4 is 17.7 Å². The molecule has 6 heteroatoms. The van der Waals surface area contributed by atoms with Gasteiger partial charge in [0, 0.05) is 24.0 Å². The van der Waals surface area contributed by atoms with Gasteiger partial charge in [0.1, 0.15) is 5.75 Å². The zero-order valence-corrected chi connectivity index (χ0v) is 15.4. The summed E-state index contributed by atoms with van der Waals surface area (Å²) in [6, 6.07) is 7.85. The topological polar surface area (TPSA) is 59.6 Å². The molecule has 134 valence electrons. The van der Waals surface area contributed by atoms with Gasteiger partial charge in [0.25, 0.3) is 0 Å². The molecule has 1 amide bonds.